The Morgan fingerprint density at radius 2 is 1.94 bits per heavy atom. The third kappa shape index (κ3) is 8.02. The number of nitrogens with two attached hydrogens (primary N) is 1. The first kappa shape index (κ1) is 15.8. The van der Waals surface area contributed by atoms with Crippen molar-refractivity contribution >= 4 is 17.2 Å². The summed E-state index contributed by atoms with van der Waals surface area (Å²) < 4.78 is 5.12. The van der Waals surface area contributed by atoms with Gasteiger partial charge in [-0.3, -0.25) is 0 Å². The van der Waals surface area contributed by atoms with Gasteiger partial charge in [0.1, 0.15) is 0 Å². The van der Waals surface area contributed by atoms with Crippen LogP contribution in [0, 0.1) is 5.92 Å². The third-order valence-corrected chi connectivity index (χ3v) is 3.16. The summed E-state index contributed by atoms with van der Waals surface area (Å²) in [5.41, 5.74) is 5.54. The molecule has 0 aromatic rings. The number of nitrogens with zero attached hydrogens (tertiary/aromatic N) is 1. The molecule has 0 aliphatic heterocycles. The molecule has 96 valence electrons. The molecule has 0 aromatic carbocycles. The maximum atomic E-state index is 5.54. The van der Waals surface area contributed by atoms with Crippen LogP contribution in [0.2, 0.25) is 0 Å². The van der Waals surface area contributed by atoms with Gasteiger partial charge in [-0.25, -0.2) is 0 Å². The summed E-state index contributed by atoms with van der Waals surface area (Å²) in [6.45, 7) is 8.31. The second kappa shape index (κ2) is 10.00. The van der Waals surface area contributed by atoms with Crippen LogP contribution in [-0.2, 0) is 4.74 Å². The predicted molar refractivity (Wildman–Crippen MR) is 73.8 cm³/mol. The second-order valence-electron chi connectivity index (χ2n) is 4.19. The quantitative estimate of drug-likeness (QED) is 0.599. The van der Waals surface area contributed by atoms with Crippen molar-refractivity contribution in [2.24, 2.45) is 11.7 Å². The highest BCUT2D eigenvalue weighted by atomic mass is 32.1. The number of thiocarbonyl (C=S) groups is 1. The van der Waals surface area contributed by atoms with Gasteiger partial charge >= 0.3 is 0 Å². The molecule has 0 aliphatic rings. The van der Waals surface area contributed by atoms with E-state index in [0.717, 1.165) is 38.6 Å². The smallest absolute Gasteiger partial charge is 0.0740 e. The van der Waals surface area contributed by atoms with Crippen molar-refractivity contribution in [3.05, 3.63) is 0 Å². The topological polar surface area (TPSA) is 38.5 Å². The highest BCUT2D eigenvalue weighted by Gasteiger charge is 2.11. The van der Waals surface area contributed by atoms with Gasteiger partial charge in [-0.1, -0.05) is 38.9 Å². The van der Waals surface area contributed by atoms with Gasteiger partial charge in [0.25, 0.3) is 0 Å². The van der Waals surface area contributed by atoms with Crippen molar-refractivity contribution < 1.29 is 4.74 Å². The summed E-state index contributed by atoms with van der Waals surface area (Å²) in [5.74, 6) is 0.767. The zero-order valence-electron chi connectivity index (χ0n) is 10.9. The van der Waals surface area contributed by atoms with E-state index in [-0.39, 0.29) is 0 Å². The van der Waals surface area contributed by atoms with E-state index in [4.69, 9.17) is 22.7 Å². The lowest BCUT2D eigenvalue weighted by Crippen LogP contribution is -2.34. The fraction of sp³-hybridized carbons (Fsp3) is 0.917. The van der Waals surface area contributed by atoms with E-state index in [2.05, 4.69) is 18.7 Å². The van der Waals surface area contributed by atoms with Gasteiger partial charge in [0.05, 0.1) is 11.6 Å². The minimum absolute atomic E-state index is 0.604. The second-order valence-corrected chi connectivity index (χ2v) is 4.72. The predicted octanol–water partition coefficient (Wildman–Crippen LogP) is 2.05. The SMILES string of the molecule is CCC(CC)CN(CCOC)CCC(N)=S. The average Bonchev–Trinajstić information content (AvgIpc) is 2.28. The summed E-state index contributed by atoms with van der Waals surface area (Å²) in [7, 11) is 1.74. The summed E-state index contributed by atoms with van der Waals surface area (Å²) in [6, 6.07) is 0. The van der Waals surface area contributed by atoms with E-state index >= 15 is 0 Å². The van der Waals surface area contributed by atoms with Crippen LogP contribution < -0.4 is 5.73 Å². The van der Waals surface area contributed by atoms with Gasteiger partial charge in [0, 0.05) is 33.2 Å². The van der Waals surface area contributed by atoms with Crippen molar-refractivity contribution in [1.29, 1.82) is 0 Å². The zero-order valence-corrected chi connectivity index (χ0v) is 11.7. The fourth-order valence-corrected chi connectivity index (χ4v) is 1.79. The Bertz CT molecular complexity index is 184. The third-order valence-electron chi connectivity index (χ3n) is 2.96. The highest BCUT2D eigenvalue weighted by molar-refractivity contribution is 7.80. The molecule has 0 bridgehead atoms. The molecular weight excluding hydrogens is 220 g/mol. The van der Waals surface area contributed by atoms with Crippen molar-refractivity contribution in [3.63, 3.8) is 0 Å². The van der Waals surface area contributed by atoms with Crippen LogP contribution in [0.15, 0.2) is 0 Å². The Morgan fingerprint density at radius 1 is 1.31 bits per heavy atom. The highest BCUT2D eigenvalue weighted by Crippen LogP contribution is 2.10. The van der Waals surface area contributed by atoms with Crippen LogP contribution in [-0.4, -0.2) is 43.2 Å². The normalized spacial score (nSPS) is 11.3. The molecule has 0 amide bonds. The van der Waals surface area contributed by atoms with Crippen molar-refractivity contribution in [1.82, 2.24) is 4.90 Å². The van der Waals surface area contributed by atoms with Gasteiger partial charge in [-0.05, 0) is 5.92 Å². The van der Waals surface area contributed by atoms with Crippen LogP contribution in [0.5, 0.6) is 0 Å². The molecule has 3 nitrogen and oxygen atoms in total. The average molecular weight is 246 g/mol. The first-order valence-electron chi connectivity index (χ1n) is 6.13. The molecule has 0 radical (unpaired) electrons. The Morgan fingerprint density at radius 3 is 2.38 bits per heavy atom. The van der Waals surface area contributed by atoms with Crippen LogP contribution in [0.3, 0.4) is 0 Å². The Hall–Kier alpha value is -0.190. The monoisotopic (exact) mass is 246 g/mol. The standard InChI is InChI=1S/C12H26N2OS/c1-4-11(5-2)10-14(8-9-15-3)7-6-12(13)16/h11H,4-10H2,1-3H3,(H2,13,16). The molecule has 0 unspecified atom stereocenters. The van der Waals surface area contributed by atoms with E-state index in [9.17, 15) is 0 Å². The molecule has 16 heavy (non-hydrogen) atoms. The summed E-state index contributed by atoms with van der Waals surface area (Å²) in [5, 5.41) is 0. The lowest BCUT2D eigenvalue weighted by Gasteiger charge is -2.26. The summed E-state index contributed by atoms with van der Waals surface area (Å²) in [4.78, 5) is 3.01. The number of ether oxygens (including phenoxy) is 1. The number of hydrogen-bond donors (Lipinski definition) is 1. The maximum absolute atomic E-state index is 5.54. The molecule has 0 spiro atoms. The van der Waals surface area contributed by atoms with Gasteiger partial charge in [-0.15, -0.1) is 0 Å². The summed E-state index contributed by atoms with van der Waals surface area (Å²) >= 11 is 4.92. The molecule has 0 fully saturated rings. The Balaban J connectivity index is 4.01. The first-order valence-corrected chi connectivity index (χ1v) is 6.54. The summed E-state index contributed by atoms with van der Waals surface area (Å²) in [6.07, 6.45) is 3.26. The van der Waals surface area contributed by atoms with Crippen molar-refractivity contribution in [2.45, 2.75) is 33.1 Å². The molecule has 0 aliphatic carbocycles. The van der Waals surface area contributed by atoms with E-state index < -0.39 is 0 Å². The molecule has 0 aromatic heterocycles. The fourth-order valence-electron chi connectivity index (χ4n) is 1.70. The van der Waals surface area contributed by atoms with Crippen LogP contribution in [0.1, 0.15) is 33.1 Å². The van der Waals surface area contributed by atoms with E-state index in [1.807, 2.05) is 0 Å². The van der Waals surface area contributed by atoms with E-state index in [1.54, 1.807) is 7.11 Å². The van der Waals surface area contributed by atoms with E-state index in [0.29, 0.717) is 4.99 Å². The number of hydrogen-bond acceptors (Lipinski definition) is 3. The van der Waals surface area contributed by atoms with Crippen LogP contribution >= 0.6 is 12.2 Å². The zero-order chi connectivity index (χ0) is 12.4. The minimum atomic E-state index is 0.604. The van der Waals surface area contributed by atoms with Crippen molar-refractivity contribution in [3.8, 4) is 0 Å². The van der Waals surface area contributed by atoms with Crippen LogP contribution in [0.25, 0.3) is 0 Å². The largest absolute Gasteiger partial charge is 0.393 e. The molecule has 0 heterocycles. The van der Waals surface area contributed by atoms with E-state index in [1.165, 1.54) is 12.8 Å². The first-order chi connectivity index (χ1) is 7.63. The maximum Gasteiger partial charge on any atom is 0.0740 e. The number of rotatable bonds is 10. The Kier molecular flexibility index (Phi) is 9.88. The van der Waals surface area contributed by atoms with Gasteiger partial charge in [0.15, 0.2) is 0 Å². The molecule has 0 rings (SSSR count). The molecule has 0 saturated carbocycles. The number of methoxy groups -OCH3 is 1. The van der Waals surface area contributed by atoms with Crippen LogP contribution in [0.4, 0.5) is 0 Å². The van der Waals surface area contributed by atoms with Gasteiger partial charge < -0.3 is 15.4 Å². The van der Waals surface area contributed by atoms with Gasteiger partial charge in [0.2, 0.25) is 0 Å². The molecule has 4 heteroatoms. The van der Waals surface area contributed by atoms with Crippen molar-refractivity contribution in [2.75, 3.05) is 33.4 Å². The minimum Gasteiger partial charge on any atom is -0.393 e. The van der Waals surface area contributed by atoms with Gasteiger partial charge in [-0.2, -0.15) is 0 Å². The lowest BCUT2D eigenvalue weighted by molar-refractivity contribution is 0.137. The molecular formula is C12H26N2OS. The molecule has 0 atom stereocenters. The molecule has 0 saturated heterocycles. The lowest BCUT2D eigenvalue weighted by atomic mass is 10.0. The Labute approximate surface area is 105 Å². The molecule has 2 N–H and O–H groups in total.